The van der Waals surface area contributed by atoms with Gasteiger partial charge in [0.1, 0.15) is 0 Å². The number of carbonyl (C=O) groups excluding carboxylic acids is 1. The van der Waals surface area contributed by atoms with Crippen molar-refractivity contribution in [3.8, 4) is 0 Å². The van der Waals surface area contributed by atoms with Gasteiger partial charge in [-0.15, -0.1) is 0 Å². The van der Waals surface area contributed by atoms with Crippen molar-refractivity contribution in [2.75, 3.05) is 13.6 Å². The Morgan fingerprint density at radius 1 is 1.48 bits per heavy atom. The number of hydrogen-bond donors (Lipinski definition) is 2. The molecule has 0 spiro atoms. The van der Waals surface area contributed by atoms with Crippen LogP contribution in [0.5, 0.6) is 0 Å². The lowest BCUT2D eigenvalue weighted by Crippen LogP contribution is -2.39. The van der Waals surface area contributed by atoms with E-state index in [1.54, 1.807) is 6.07 Å². The molecule has 21 heavy (non-hydrogen) atoms. The molecule has 0 atom stereocenters. The summed E-state index contributed by atoms with van der Waals surface area (Å²) in [6.07, 6.45) is 1.91. The summed E-state index contributed by atoms with van der Waals surface area (Å²) < 4.78 is 25.8. The van der Waals surface area contributed by atoms with Crippen LogP contribution in [-0.2, 0) is 21.4 Å². The SMILES string of the molecule is CN(CC(=O)NC1CC1)S(=O)(=O)c1ccc(CN)c(Cl)c1. The van der Waals surface area contributed by atoms with E-state index in [0.29, 0.717) is 10.6 Å². The van der Waals surface area contributed by atoms with E-state index < -0.39 is 10.0 Å². The lowest BCUT2D eigenvalue weighted by Gasteiger charge is -2.17. The maximum Gasteiger partial charge on any atom is 0.243 e. The van der Waals surface area contributed by atoms with Gasteiger partial charge in [0.25, 0.3) is 0 Å². The molecular weight excluding hydrogens is 314 g/mol. The molecule has 0 saturated heterocycles. The van der Waals surface area contributed by atoms with E-state index in [-0.39, 0.29) is 29.9 Å². The number of benzene rings is 1. The number of nitrogens with two attached hydrogens (primary N) is 1. The number of sulfonamides is 1. The predicted molar refractivity (Wildman–Crippen MR) is 80.3 cm³/mol. The standard InChI is InChI=1S/C13H18ClN3O3S/c1-17(8-13(18)16-10-3-4-10)21(19,20)11-5-2-9(7-15)12(14)6-11/h2,5-6,10H,3-4,7-8,15H2,1H3,(H,16,18). The number of nitrogens with zero attached hydrogens (tertiary/aromatic N) is 1. The third-order valence-electron chi connectivity index (χ3n) is 3.26. The van der Waals surface area contributed by atoms with Crippen LogP contribution in [0.3, 0.4) is 0 Å². The average molecular weight is 332 g/mol. The fourth-order valence-electron chi connectivity index (χ4n) is 1.82. The molecule has 1 aliphatic rings. The van der Waals surface area contributed by atoms with Crippen molar-refractivity contribution in [1.82, 2.24) is 9.62 Å². The second-order valence-electron chi connectivity index (χ2n) is 5.06. The molecule has 1 fully saturated rings. The van der Waals surface area contributed by atoms with Crippen molar-refractivity contribution in [1.29, 1.82) is 0 Å². The van der Waals surface area contributed by atoms with Crippen molar-refractivity contribution in [3.05, 3.63) is 28.8 Å². The highest BCUT2D eigenvalue weighted by Crippen LogP contribution is 2.23. The first-order valence-corrected chi connectivity index (χ1v) is 8.40. The Hall–Kier alpha value is -1.15. The highest BCUT2D eigenvalue weighted by Gasteiger charge is 2.27. The molecule has 1 saturated carbocycles. The van der Waals surface area contributed by atoms with Gasteiger partial charge in [-0.2, -0.15) is 4.31 Å². The molecule has 0 bridgehead atoms. The van der Waals surface area contributed by atoms with E-state index in [9.17, 15) is 13.2 Å². The Labute approximate surface area is 129 Å². The molecule has 2 rings (SSSR count). The molecule has 0 unspecified atom stereocenters. The van der Waals surface area contributed by atoms with Crippen molar-refractivity contribution < 1.29 is 13.2 Å². The van der Waals surface area contributed by atoms with Crippen molar-refractivity contribution in [2.24, 2.45) is 5.73 Å². The topological polar surface area (TPSA) is 92.5 Å². The first-order valence-electron chi connectivity index (χ1n) is 6.59. The average Bonchev–Trinajstić information content (AvgIpc) is 3.22. The third kappa shape index (κ3) is 3.94. The van der Waals surface area contributed by atoms with Gasteiger partial charge in [0.2, 0.25) is 15.9 Å². The molecule has 3 N–H and O–H groups in total. The summed E-state index contributed by atoms with van der Waals surface area (Å²) >= 11 is 5.98. The molecule has 0 radical (unpaired) electrons. The van der Waals surface area contributed by atoms with Crippen LogP contribution < -0.4 is 11.1 Å². The molecule has 1 aromatic rings. The maximum absolute atomic E-state index is 12.4. The Bertz CT molecular complexity index is 644. The molecule has 0 aliphatic heterocycles. The summed E-state index contributed by atoms with van der Waals surface area (Å²) in [6.45, 7) is 0.0217. The zero-order chi connectivity index (χ0) is 15.6. The minimum absolute atomic E-state index is 0.0476. The van der Waals surface area contributed by atoms with Crippen molar-refractivity contribution >= 4 is 27.5 Å². The van der Waals surface area contributed by atoms with Crippen LogP contribution in [0.25, 0.3) is 0 Å². The van der Waals surface area contributed by atoms with Crippen molar-refractivity contribution in [3.63, 3.8) is 0 Å². The van der Waals surface area contributed by atoms with E-state index >= 15 is 0 Å². The van der Waals surface area contributed by atoms with Gasteiger partial charge in [-0.25, -0.2) is 8.42 Å². The minimum Gasteiger partial charge on any atom is -0.352 e. The van der Waals surface area contributed by atoms with Gasteiger partial charge < -0.3 is 11.1 Å². The zero-order valence-electron chi connectivity index (χ0n) is 11.7. The fraction of sp³-hybridized carbons (Fsp3) is 0.462. The Morgan fingerprint density at radius 2 is 2.14 bits per heavy atom. The molecule has 8 heteroatoms. The fourth-order valence-corrected chi connectivity index (χ4v) is 3.30. The van der Waals surface area contributed by atoms with E-state index in [1.165, 1.54) is 19.2 Å². The summed E-state index contributed by atoms with van der Waals surface area (Å²) in [7, 11) is -2.38. The number of rotatable bonds is 6. The van der Waals surface area contributed by atoms with Crippen LogP contribution in [0.15, 0.2) is 23.1 Å². The summed E-state index contributed by atoms with van der Waals surface area (Å²) in [5, 5.41) is 3.05. The van der Waals surface area contributed by atoms with E-state index in [2.05, 4.69) is 5.32 Å². The molecule has 1 amide bonds. The second kappa shape index (κ2) is 6.31. The van der Waals surface area contributed by atoms with Gasteiger partial charge in [0.15, 0.2) is 0 Å². The molecule has 0 aromatic heterocycles. The van der Waals surface area contributed by atoms with E-state index in [4.69, 9.17) is 17.3 Å². The first-order chi connectivity index (χ1) is 9.84. The highest BCUT2D eigenvalue weighted by atomic mass is 35.5. The number of amides is 1. The van der Waals surface area contributed by atoms with Crippen LogP contribution in [0.1, 0.15) is 18.4 Å². The van der Waals surface area contributed by atoms with Gasteiger partial charge in [0, 0.05) is 24.7 Å². The quantitative estimate of drug-likeness (QED) is 0.802. The lowest BCUT2D eigenvalue weighted by molar-refractivity contribution is -0.121. The predicted octanol–water partition coefficient (Wildman–Crippen LogP) is 0.698. The van der Waals surface area contributed by atoms with Crippen LogP contribution in [-0.4, -0.2) is 38.3 Å². The first kappa shape index (κ1) is 16.2. The van der Waals surface area contributed by atoms with Crippen LogP contribution in [0.4, 0.5) is 0 Å². The lowest BCUT2D eigenvalue weighted by atomic mass is 10.2. The molecule has 0 heterocycles. The monoisotopic (exact) mass is 331 g/mol. The number of hydrogen-bond acceptors (Lipinski definition) is 4. The van der Waals surface area contributed by atoms with Gasteiger partial charge in [-0.1, -0.05) is 17.7 Å². The minimum atomic E-state index is -3.75. The van der Waals surface area contributed by atoms with Gasteiger partial charge in [-0.05, 0) is 30.5 Å². The molecule has 6 nitrogen and oxygen atoms in total. The smallest absolute Gasteiger partial charge is 0.243 e. The number of nitrogens with one attached hydrogen (secondary N) is 1. The Kier molecular flexibility index (Phi) is 4.88. The molecule has 116 valence electrons. The molecular formula is C13H18ClN3O3S. The van der Waals surface area contributed by atoms with Crippen LogP contribution in [0.2, 0.25) is 5.02 Å². The number of halogens is 1. The molecule has 1 aromatic carbocycles. The summed E-state index contributed by atoms with van der Waals surface area (Å²) in [4.78, 5) is 11.7. The second-order valence-corrected chi connectivity index (χ2v) is 7.51. The summed E-state index contributed by atoms with van der Waals surface area (Å²) in [5.74, 6) is -0.298. The summed E-state index contributed by atoms with van der Waals surface area (Å²) in [5.41, 5.74) is 6.16. The number of carbonyl (C=O) groups is 1. The van der Waals surface area contributed by atoms with Crippen molar-refractivity contribution in [2.45, 2.75) is 30.3 Å². The zero-order valence-corrected chi connectivity index (χ0v) is 13.2. The third-order valence-corrected chi connectivity index (χ3v) is 5.41. The normalized spacial score (nSPS) is 15.2. The van der Waals surface area contributed by atoms with Crippen LogP contribution >= 0.6 is 11.6 Å². The summed E-state index contributed by atoms with van der Waals surface area (Å²) in [6, 6.07) is 4.58. The molecule has 1 aliphatic carbocycles. The van der Waals surface area contributed by atoms with Gasteiger partial charge in [-0.3, -0.25) is 4.79 Å². The Balaban J connectivity index is 2.12. The van der Waals surface area contributed by atoms with Crippen LogP contribution in [0, 0.1) is 0 Å². The van der Waals surface area contributed by atoms with Gasteiger partial charge >= 0.3 is 0 Å². The van der Waals surface area contributed by atoms with E-state index in [0.717, 1.165) is 17.1 Å². The largest absolute Gasteiger partial charge is 0.352 e. The van der Waals surface area contributed by atoms with E-state index in [1.807, 2.05) is 0 Å². The maximum atomic E-state index is 12.4. The highest BCUT2D eigenvalue weighted by molar-refractivity contribution is 7.89. The van der Waals surface area contributed by atoms with Gasteiger partial charge in [0.05, 0.1) is 11.4 Å². The number of likely N-dealkylation sites (N-methyl/N-ethyl adjacent to an activating group) is 1. The Morgan fingerprint density at radius 3 is 2.67 bits per heavy atom.